The van der Waals surface area contributed by atoms with Gasteiger partial charge in [-0.05, 0) is 42.9 Å². The molecule has 0 saturated carbocycles. The van der Waals surface area contributed by atoms with E-state index in [4.69, 9.17) is 23.2 Å². The maximum atomic E-state index is 10.1. The molecule has 0 spiro atoms. The third kappa shape index (κ3) is 2.00. The van der Waals surface area contributed by atoms with Gasteiger partial charge < -0.3 is 5.11 Å². The highest BCUT2D eigenvalue weighted by atomic mass is 35.5. The van der Waals surface area contributed by atoms with E-state index in [0.717, 1.165) is 30.5 Å². The van der Waals surface area contributed by atoms with E-state index < -0.39 is 0 Å². The lowest BCUT2D eigenvalue weighted by molar-refractivity contribution is 0.461. The second-order valence-electron chi connectivity index (χ2n) is 5.25. The molecular weight excluding hydrogens is 295 g/mol. The molecule has 3 rings (SSSR count). The van der Waals surface area contributed by atoms with Gasteiger partial charge in [-0.15, -0.1) is 0 Å². The van der Waals surface area contributed by atoms with Crippen LogP contribution in [0.15, 0.2) is 12.1 Å². The molecule has 5 heteroatoms. The predicted octanol–water partition coefficient (Wildman–Crippen LogP) is 3.88. The van der Waals surface area contributed by atoms with E-state index in [0.29, 0.717) is 10.0 Å². The summed E-state index contributed by atoms with van der Waals surface area (Å²) in [6.45, 7) is 2.11. The molecule has 0 unspecified atom stereocenters. The Morgan fingerprint density at radius 1 is 1.35 bits per heavy atom. The van der Waals surface area contributed by atoms with Gasteiger partial charge in [0.25, 0.3) is 0 Å². The molecule has 0 aliphatic heterocycles. The predicted molar refractivity (Wildman–Crippen MR) is 80.9 cm³/mol. The van der Waals surface area contributed by atoms with Crippen molar-refractivity contribution in [1.82, 2.24) is 9.78 Å². The number of benzene rings is 1. The zero-order valence-electron chi connectivity index (χ0n) is 11.5. The molecule has 2 aromatic rings. The Labute approximate surface area is 128 Å². The van der Waals surface area contributed by atoms with Crippen LogP contribution in [-0.2, 0) is 26.3 Å². The van der Waals surface area contributed by atoms with E-state index in [1.807, 2.05) is 11.7 Å². The standard InChI is InChI=1S/C15H16Cl2N2O/c1-3-11-9-6-8(7-12(9)19(2)18-11)14-13(20)5-4-10(16)15(14)17/h4-5,8,20H,3,6-7H2,1-2H3/t8-/m1/s1. The molecular formula is C15H16Cl2N2O. The lowest BCUT2D eigenvalue weighted by Gasteiger charge is -2.15. The fourth-order valence-corrected chi connectivity index (χ4v) is 3.62. The maximum Gasteiger partial charge on any atom is 0.120 e. The maximum absolute atomic E-state index is 10.1. The van der Waals surface area contributed by atoms with Crippen LogP contribution < -0.4 is 0 Å². The quantitative estimate of drug-likeness (QED) is 0.914. The van der Waals surface area contributed by atoms with Crippen molar-refractivity contribution in [3.05, 3.63) is 44.7 Å². The minimum absolute atomic E-state index is 0.172. The van der Waals surface area contributed by atoms with Gasteiger partial charge in [0.2, 0.25) is 0 Å². The number of fused-ring (bicyclic) bond motifs is 1. The van der Waals surface area contributed by atoms with Crippen LogP contribution in [0.4, 0.5) is 0 Å². The van der Waals surface area contributed by atoms with Gasteiger partial charge in [-0.2, -0.15) is 5.10 Å². The fourth-order valence-electron chi connectivity index (χ4n) is 3.14. The van der Waals surface area contributed by atoms with Crippen LogP contribution in [-0.4, -0.2) is 14.9 Å². The Kier molecular flexibility index (Phi) is 3.43. The molecule has 1 aliphatic carbocycles. The normalized spacial score (nSPS) is 17.5. The molecule has 0 fully saturated rings. The summed E-state index contributed by atoms with van der Waals surface area (Å²) in [7, 11) is 1.97. The summed E-state index contributed by atoms with van der Waals surface area (Å²) in [4.78, 5) is 0. The lowest BCUT2D eigenvalue weighted by atomic mass is 9.95. The summed E-state index contributed by atoms with van der Waals surface area (Å²) >= 11 is 12.4. The highest BCUT2D eigenvalue weighted by Crippen LogP contribution is 2.44. The number of halogens is 2. The molecule has 0 radical (unpaired) electrons. The highest BCUT2D eigenvalue weighted by molar-refractivity contribution is 6.42. The minimum atomic E-state index is 0.172. The van der Waals surface area contributed by atoms with Crippen LogP contribution in [0.2, 0.25) is 10.0 Å². The number of phenolic OH excluding ortho intramolecular Hbond substituents is 1. The number of rotatable bonds is 2. The van der Waals surface area contributed by atoms with Crippen LogP contribution in [0.3, 0.4) is 0 Å². The Morgan fingerprint density at radius 3 is 2.80 bits per heavy atom. The summed E-state index contributed by atoms with van der Waals surface area (Å²) in [5.74, 6) is 0.397. The molecule has 3 nitrogen and oxygen atoms in total. The van der Waals surface area contributed by atoms with E-state index in [1.165, 1.54) is 11.3 Å². The van der Waals surface area contributed by atoms with Gasteiger partial charge in [-0.25, -0.2) is 0 Å². The van der Waals surface area contributed by atoms with Crippen molar-refractivity contribution in [3.8, 4) is 5.75 Å². The molecule has 0 amide bonds. The second kappa shape index (κ2) is 4.97. The first-order chi connectivity index (χ1) is 9.52. The van der Waals surface area contributed by atoms with Gasteiger partial charge >= 0.3 is 0 Å². The molecule has 1 atom stereocenters. The Morgan fingerprint density at radius 2 is 2.10 bits per heavy atom. The van der Waals surface area contributed by atoms with E-state index in [9.17, 15) is 5.11 Å². The van der Waals surface area contributed by atoms with Crippen LogP contribution in [0.5, 0.6) is 5.75 Å². The fraction of sp³-hybridized carbons (Fsp3) is 0.400. The van der Waals surface area contributed by atoms with Crippen LogP contribution in [0.1, 0.15) is 35.4 Å². The van der Waals surface area contributed by atoms with Gasteiger partial charge in [0.1, 0.15) is 5.75 Å². The van der Waals surface area contributed by atoms with Crippen molar-refractivity contribution in [2.45, 2.75) is 32.1 Å². The van der Waals surface area contributed by atoms with Crippen molar-refractivity contribution >= 4 is 23.2 Å². The molecule has 1 heterocycles. The first-order valence-electron chi connectivity index (χ1n) is 6.73. The summed E-state index contributed by atoms with van der Waals surface area (Å²) in [6, 6.07) is 3.25. The van der Waals surface area contributed by atoms with Gasteiger partial charge in [0.05, 0.1) is 15.7 Å². The van der Waals surface area contributed by atoms with Crippen LogP contribution in [0.25, 0.3) is 0 Å². The summed E-state index contributed by atoms with van der Waals surface area (Å²) in [5, 5.41) is 15.6. The van der Waals surface area contributed by atoms with Gasteiger partial charge in [-0.1, -0.05) is 30.1 Å². The number of hydrogen-bond acceptors (Lipinski definition) is 2. The number of aromatic hydroxyl groups is 1. The smallest absolute Gasteiger partial charge is 0.120 e. The minimum Gasteiger partial charge on any atom is -0.508 e. The Bertz CT molecular complexity index is 679. The van der Waals surface area contributed by atoms with Crippen molar-refractivity contribution in [2.24, 2.45) is 7.05 Å². The van der Waals surface area contributed by atoms with E-state index in [1.54, 1.807) is 12.1 Å². The molecule has 1 aromatic carbocycles. The zero-order valence-corrected chi connectivity index (χ0v) is 13.0. The third-order valence-electron chi connectivity index (χ3n) is 4.10. The highest BCUT2D eigenvalue weighted by Gasteiger charge is 2.32. The molecule has 20 heavy (non-hydrogen) atoms. The number of phenols is 1. The largest absolute Gasteiger partial charge is 0.508 e. The molecule has 1 aliphatic rings. The van der Waals surface area contributed by atoms with Crippen molar-refractivity contribution in [2.75, 3.05) is 0 Å². The van der Waals surface area contributed by atoms with Gasteiger partial charge in [-0.3, -0.25) is 4.68 Å². The molecule has 0 saturated heterocycles. The number of nitrogens with zero attached hydrogens (tertiary/aromatic N) is 2. The summed E-state index contributed by atoms with van der Waals surface area (Å²) < 4.78 is 1.95. The molecule has 106 valence electrons. The van der Waals surface area contributed by atoms with E-state index in [-0.39, 0.29) is 11.7 Å². The Balaban J connectivity index is 2.02. The van der Waals surface area contributed by atoms with Gasteiger partial charge in [0.15, 0.2) is 0 Å². The number of aryl methyl sites for hydroxylation is 2. The number of aromatic nitrogens is 2. The third-order valence-corrected chi connectivity index (χ3v) is 4.92. The lowest BCUT2D eigenvalue weighted by Crippen LogP contribution is -2.05. The molecule has 1 aromatic heterocycles. The first kappa shape index (κ1) is 13.8. The first-order valence-corrected chi connectivity index (χ1v) is 7.49. The van der Waals surface area contributed by atoms with Gasteiger partial charge in [0, 0.05) is 18.3 Å². The second-order valence-corrected chi connectivity index (χ2v) is 6.03. The van der Waals surface area contributed by atoms with Crippen LogP contribution in [0, 0.1) is 0 Å². The number of hydrogen-bond donors (Lipinski definition) is 1. The zero-order chi connectivity index (χ0) is 14.4. The molecule has 0 bridgehead atoms. The average molecular weight is 311 g/mol. The SMILES string of the molecule is CCc1nn(C)c2c1C[C@@H](c1c(O)ccc(Cl)c1Cl)C2. The average Bonchev–Trinajstić information content (AvgIpc) is 2.96. The molecule has 1 N–H and O–H groups in total. The van der Waals surface area contributed by atoms with E-state index >= 15 is 0 Å². The van der Waals surface area contributed by atoms with E-state index in [2.05, 4.69) is 12.0 Å². The van der Waals surface area contributed by atoms with Crippen molar-refractivity contribution < 1.29 is 5.11 Å². The monoisotopic (exact) mass is 310 g/mol. The Hall–Kier alpha value is -1.19. The van der Waals surface area contributed by atoms with Crippen molar-refractivity contribution in [3.63, 3.8) is 0 Å². The topological polar surface area (TPSA) is 38.0 Å². The van der Waals surface area contributed by atoms with Crippen LogP contribution >= 0.6 is 23.2 Å². The van der Waals surface area contributed by atoms with Crippen molar-refractivity contribution in [1.29, 1.82) is 0 Å². The summed E-state index contributed by atoms with van der Waals surface area (Å²) in [6.07, 6.45) is 2.62. The summed E-state index contributed by atoms with van der Waals surface area (Å²) in [5.41, 5.74) is 4.44.